The van der Waals surface area contributed by atoms with Crippen molar-refractivity contribution in [3.8, 4) is 91.3 Å². The summed E-state index contributed by atoms with van der Waals surface area (Å²) in [5.74, 6) is 3.67. The van der Waals surface area contributed by atoms with Gasteiger partial charge in [-0.25, -0.2) is 29.9 Å². The van der Waals surface area contributed by atoms with Crippen molar-refractivity contribution in [2.24, 2.45) is 0 Å². The smallest absolute Gasteiger partial charge is 0.167 e. The molecular formula is C60H66N6O8. The van der Waals surface area contributed by atoms with E-state index in [-0.39, 0.29) is 37.9 Å². The first-order valence-corrected chi connectivity index (χ1v) is 24.8. The molecule has 0 saturated carbocycles. The fourth-order valence-electron chi connectivity index (χ4n) is 8.30. The summed E-state index contributed by atoms with van der Waals surface area (Å²) in [5.41, 5.74) is 13.4. The third-order valence-corrected chi connectivity index (χ3v) is 12.1. The van der Waals surface area contributed by atoms with Crippen LogP contribution in [0.5, 0.6) is 23.0 Å². The van der Waals surface area contributed by atoms with E-state index in [4.69, 9.17) is 48.9 Å². The van der Waals surface area contributed by atoms with E-state index in [1.165, 1.54) is 12.1 Å². The van der Waals surface area contributed by atoms with Crippen LogP contribution in [0, 0.1) is 55.4 Å². The van der Waals surface area contributed by atoms with Crippen molar-refractivity contribution in [1.82, 2.24) is 29.9 Å². The zero-order chi connectivity index (χ0) is 53.1. The quantitative estimate of drug-likeness (QED) is 0.0634. The van der Waals surface area contributed by atoms with Crippen LogP contribution in [0.4, 0.5) is 0 Å². The van der Waals surface area contributed by atoms with Crippen LogP contribution in [0.1, 0.15) is 58.4 Å². The highest BCUT2D eigenvalue weighted by atomic mass is 16.5. The maximum atomic E-state index is 10.9. The van der Waals surface area contributed by atoms with Gasteiger partial charge in [0.05, 0.1) is 24.3 Å². The number of phenols is 2. The molecule has 0 spiro atoms. The molecule has 0 radical (unpaired) electrons. The predicted molar refractivity (Wildman–Crippen MR) is 289 cm³/mol. The topological polar surface area (TPSA) is 195 Å². The highest BCUT2D eigenvalue weighted by Gasteiger charge is 2.20. The lowest BCUT2D eigenvalue weighted by Gasteiger charge is -2.14. The van der Waals surface area contributed by atoms with Gasteiger partial charge in [0.1, 0.15) is 48.4 Å². The molecule has 0 aliphatic heterocycles. The molecule has 0 fully saturated rings. The number of aliphatic hydroxyl groups is 2. The van der Waals surface area contributed by atoms with Gasteiger partial charge in [0.2, 0.25) is 0 Å². The minimum atomic E-state index is -0.758. The molecule has 384 valence electrons. The van der Waals surface area contributed by atoms with Crippen LogP contribution < -0.4 is 9.47 Å². The molecule has 0 saturated heterocycles. The second-order valence-electron chi connectivity index (χ2n) is 18.5. The Morgan fingerprint density at radius 1 is 0.351 bits per heavy atom. The van der Waals surface area contributed by atoms with Gasteiger partial charge in [-0.1, -0.05) is 95.1 Å². The van der Waals surface area contributed by atoms with E-state index < -0.39 is 12.2 Å². The molecular weight excluding hydrogens is 933 g/mol. The zero-order valence-electron chi connectivity index (χ0n) is 43.9. The summed E-state index contributed by atoms with van der Waals surface area (Å²) in [6.07, 6.45) is -1.52. The molecule has 2 heterocycles. The zero-order valence-corrected chi connectivity index (χ0v) is 43.9. The van der Waals surface area contributed by atoms with Crippen molar-refractivity contribution in [2.45, 2.75) is 81.4 Å². The molecule has 2 unspecified atom stereocenters. The molecule has 0 aliphatic carbocycles. The van der Waals surface area contributed by atoms with Gasteiger partial charge in [0, 0.05) is 47.6 Å². The lowest BCUT2D eigenvalue weighted by molar-refractivity contribution is 0.0164. The van der Waals surface area contributed by atoms with Gasteiger partial charge in [0.25, 0.3) is 0 Å². The Balaban J connectivity index is 0.000000216. The molecule has 0 bridgehead atoms. The Bertz CT molecular complexity index is 2880. The molecule has 2 aromatic heterocycles. The minimum absolute atomic E-state index is 0.0267. The van der Waals surface area contributed by atoms with Gasteiger partial charge in [-0.15, -0.1) is 0 Å². The average Bonchev–Trinajstić information content (AvgIpc) is 3.36. The predicted octanol–water partition coefficient (Wildman–Crippen LogP) is 11.2. The first kappa shape index (κ1) is 54.2. The molecule has 6 aromatic carbocycles. The SMILES string of the molecule is CCOCC(O)COc1ccc(-c2nc(-c3ccc(C)cc3C)nc(-c3ccc(C)cc3C)n2)c(O)c1.CCOCC(O)COc1ccc(-c2nc(-c3ccc(C)cc3C)nc(-c3ccc(C)cc3C)n2)c(O)c1. The van der Waals surface area contributed by atoms with E-state index in [0.29, 0.717) is 70.8 Å². The second-order valence-corrected chi connectivity index (χ2v) is 18.5. The molecule has 8 rings (SSSR count). The second kappa shape index (κ2) is 24.9. The number of hydrogen-bond donors (Lipinski definition) is 4. The summed E-state index contributed by atoms with van der Waals surface area (Å²) >= 11 is 0. The lowest BCUT2D eigenvalue weighted by atomic mass is 10.0. The van der Waals surface area contributed by atoms with Crippen LogP contribution in [0.3, 0.4) is 0 Å². The first-order valence-electron chi connectivity index (χ1n) is 24.8. The van der Waals surface area contributed by atoms with Crippen LogP contribution in [-0.4, -0.2) is 102 Å². The van der Waals surface area contributed by atoms with Gasteiger partial charge >= 0.3 is 0 Å². The summed E-state index contributed by atoms with van der Waals surface area (Å²) < 4.78 is 21.7. The number of ether oxygens (including phenoxy) is 4. The van der Waals surface area contributed by atoms with Crippen LogP contribution in [-0.2, 0) is 9.47 Å². The van der Waals surface area contributed by atoms with Crippen LogP contribution in [0.2, 0.25) is 0 Å². The van der Waals surface area contributed by atoms with Gasteiger partial charge in [-0.2, -0.15) is 0 Å². The third kappa shape index (κ3) is 13.9. The van der Waals surface area contributed by atoms with E-state index in [9.17, 15) is 20.4 Å². The van der Waals surface area contributed by atoms with Crippen LogP contribution in [0.15, 0.2) is 109 Å². The van der Waals surface area contributed by atoms with Gasteiger partial charge in [-0.3, -0.25) is 0 Å². The highest BCUT2D eigenvalue weighted by molar-refractivity contribution is 5.74. The Hall–Kier alpha value is -7.62. The summed E-state index contributed by atoms with van der Waals surface area (Å²) in [6.45, 7) is 21.6. The monoisotopic (exact) mass is 998 g/mol. The van der Waals surface area contributed by atoms with Crippen LogP contribution >= 0.6 is 0 Å². The molecule has 74 heavy (non-hydrogen) atoms. The largest absolute Gasteiger partial charge is 0.507 e. The van der Waals surface area contributed by atoms with Crippen LogP contribution in [0.25, 0.3) is 68.3 Å². The molecule has 8 aromatic rings. The van der Waals surface area contributed by atoms with E-state index >= 15 is 0 Å². The minimum Gasteiger partial charge on any atom is -0.507 e. The number of rotatable bonds is 18. The Morgan fingerprint density at radius 2 is 0.608 bits per heavy atom. The van der Waals surface area contributed by atoms with Crippen molar-refractivity contribution in [1.29, 1.82) is 0 Å². The van der Waals surface area contributed by atoms with E-state index in [0.717, 1.165) is 66.8 Å². The third-order valence-electron chi connectivity index (χ3n) is 12.1. The van der Waals surface area contributed by atoms with Crippen molar-refractivity contribution in [2.75, 3.05) is 39.6 Å². The summed E-state index contributed by atoms with van der Waals surface area (Å²) in [4.78, 5) is 28.7. The molecule has 0 aliphatic rings. The maximum absolute atomic E-state index is 10.9. The number of nitrogens with zero attached hydrogens (tertiary/aromatic N) is 6. The Kier molecular flexibility index (Phi) is 18.2. The maximum Gasteiger partial charge on any atom is 0.167 e. The Morgan fingerprint density at radius 3 is 0.851 bits per heavy atom. The molecule has 14 heteroatoms. The highest BCUT2D eigenvalue weighted by Crippen LogP contribution is 2.36. The van der Waals surface area contributed by atoms with Crippen molar-refractivity contribution >= 4 is 0 Å². The van der Waals surface area contributed by atoms with E-state index in [2.05, 4.69) is 24.3 Å². The van der Waals surface area contributed by atoms with Crippen molar-refractivity contribution in [3.63, 3.8) is 0 Å². The van der Waals surface area contributed by atoms with E-state index in [1.54, 1.807) is 24.3 Å². The Labute approximate surface area is 433 Å². The van der Waals surface area contributed by atoms with Crippen molar-refractivity contribution in [3.05, 3.63) is 154 Å². The van der Waals surface area contributed by atoms with Gasteiger partial charge in [0.15, 0.2) is 34.9 Å². The summed E-state index contributed by atoms with van der Waals surface area (Å²) in [6, 6.07) is 34.5. The average molecular weight is 999 g/mol. The number of phenolic OH excluding ortho intramolecular Hbond substituents is 2. The lowest BCUT2D eigenvalue weighted by Crippen LogP contribution is -2.23. The van der Waals surface area contributed by atoms with E-state index in [1.807, 2.05) is 118 Å². The van der Waals surface area contributed by atoms with Crippen molar-refractivity contribution < 1.29 is 39.4 Å². The summed E-state index contributed by atoms with van der Waals surface area (Å²) in [5, 5.41) is 41.7. The number of aryl methyl sites for hydroxylation is 8. The normalized spacial score (nSPS) is 11.9. The summed E-state index contributed by atoms with van der Waals surface area (Å²) in [7, 11) is 0. The fourth-order valence-corrected chi connectivity index (χ4v) is 8.30. The fraction of sp³-hybridized carbons (Fsp3) is 0.300. The number of benzene rings is 6. The standard InChI is InChI=1S/2C30H33N3O4/c2*1-6-36-16-22(34)17-37-23-9-12-26(27(35)15-23)30-32-28(24-10-7-18(2)13-20(24)4)31-29(33-30)25-11-8-19(3)14-21(25)5/h2*7-15,22,34-35H,6,16-17H2,1-5H3. The molecule has 0 amide bonds. The number of aliphatic hydroxyl groups excluding tert-OH is 2. The molecule has 14 nitrogen and oxygen atoms in total. The molecule has 2 atom stereocenters. The molecule has 4 N–H and O–H groups in total. The first-order chi connectivity index (χ1) is 35.5. The number of aromatic hydroxyl groups is 2. The van der Waals surface area contributed by atoms with Gasteiger partial charge in [-0.05, 0) is 116 Å². The van der Waals surface area contributed by atoms with Gasteiger partial charge < -0.3 is 39.4 Å². The number of hydrogen-bond acceptors (Lipinski definition) is 14. The number of aromatic nitrogens is 6.